The van der Waals surface area contributed by atoms with E-state index < -0.39 is 6.04 Å². The van der Waals surface area contributed by atoms with Crippen molar-refractivity contribution in [3.05, 3.63) is 64.7 Å². The predicted octanol–water partition coefficient (Wildman–Crippen LogP) is 3.05. The number of hydrogen-bond acceptors (Lipinski definition) is 4. The molecule has 138 valence electrons. The van der Waals surface area contributed by atoms with Crippen LogP contribution in [0, 0.1) is 6.92 Å². The number of nitrogens with one attached hydrogen (secondary N) is 1. The molecule has 1 atom stereocenters. The van der Waals surface area contributed by atoms with Crippen LogP contribution in [-0.2, 0) is 21.9 Å². The van der Waals surface area contributed by atoms with E-state index in [0.717, 1.165) is 16.2 Å². The lowest BCUT2D eigenvalue weighted by molar-refractivity contribution is -0.136. The van der Waals surface area contributed by atoms with Gasteiger partial charge in [-0.1, -0.05) is 30.3 Å². The number of rotatable bonds is 4. The van der Waals surface area contributed by atoms with Crippen LogP contribution in [0.2, 0.25) is 0 Å². The van der Waals surface area contributed by atoms with Crippen LogP contribution in [0.1, 0.15) is 39.9 Å². The molecule has 0 aromatic heterocycles. The Hall–Kier alpha value is -2.60. The SMILES string of the molecule is Cc1ccccc1CSc1cccc2c1CN(C1CCC(=O)NC1=O)C2=O. The van der Waals surface area contributed by atoms with Crippen LogP contribution >= 0.6 is 11.8 Å². The summed E-state index contributed by atoms with van der Waals surface area (Å²) >= 11 is 1.71. The van der Waals surface area contributed by atoms with Crippen molar-refractivity contribution < 1.29 is 14.4 Å². The van der Waals surface area contributed by atoms with E-state index in [0.29, 0.717) is 18.5 Å². The lowest BCUT2D eigenvalue weighted by Crippen LogP contribution is -2.52. The minimum Gasteiger partial charge on any atom is -0.322 e. The van der Waals surface area contributed by atoms with Gasteiger partial charge in [0.1, 0.15) is 6.04 Å². The van der Waals surface area contributed by atoms with E-state index in [1.807, 2.05) is 30.3 Å². The van der Waals surface area contributed by atoms with Gasteiger partial charge in [0.05, 0.1) is 0 Å². The highest BCUT2D eigenvalue weighted by Crippen LogP contribution is 2.35. The normalized spacial score (nSPS) is 19.2. The monoisotopic (exact) mass is 380 g/mol. The summed E-state index contributed by atoms with van der Waals surface area (Å²) in [6, 6.07) is 13.4. The fourth-order valence-electron chi connectivity index (χ4n) is 3.62. The maximum Gasteiger partial charge on any atom is 0.255 e. The van der Waals surface area contributed by atoms with E-state index in [1.165, 1.54) is 11.1 Å². The average Bonchev–Trinajstić information content (AvgIpc) is 2.98. The number of carbonyl (C=O) groups is 3. The van der Waals surface area contributed by atoms with Crippen molar-refractivity contribution in [2.24, 2.45) is 0 Å². The molecule has 4 rings (SSSR count). The zero-order valence-electron chi connectivity index (χ0n) is 15.0. The average molecular weight is 380 g/mol. The van der Waals surface area contributed by atoms with Crippen molar-refractivity contribution in [2.45, 2.75) is 43.0 Å². The predicted molar refractivity (Wildman–Crippen MR) is 103 cm³/mol. The molecule has 0 aliphatic carbocycles. The van der Waals surface area contributed by atoms with Gasteiger partial charge in [0.15, 0.2) is 0 Å². The van der Waals surface area contributed by atoms with Crippen LogP contribution in [0.3, 0.4) is 0 Å². The van der Waals surface area contributed by atoms with E-state index in [1.54, 1.807) is 16.7 Å². The second-order valence-corrected chi connectivity index (χ2v) is 7.91. The second-order valence-electron chi connectivity index (χ2n) is 6.90. The topological polar surface area (TPSA) is 66.5 Å². The van der Waals surface area contributed by atoms with Crippen LogP contribution < -0.4 is 5.32 Å². The van der Waals surface area contributed by atoms with Gasteiger partial charge in [0.25, 0.3) is 5.91 Å². The van der Waals surface area contributed by atoms with Crippen molar-refractivity contribution in [1.29, 1.82) is 0 Å². The van der Waals surface area contributed by atoms with Gasteiger partial charge in [-0.2, -0.15) is 0 Å². The lowest BCUT2D eigenvalue weighted by Gasteiger charge is -2.29. The van der Waals surface area contributed by atoms with Gasteiger partial charge in [-0.3, -0.25) is 19.7 Å². The maximum absolute atomic E-state index is 12.9. The van der Waals surface area contributed by atoms with Crippen molar-refractivity contribution >= 4 is 29.5 Å². The molecule has 1 N–H and O–H groups in total. The molecule has 5 nitrogen and oxygen atoms in total. The molecule has 2 aromatic carbocycles. The minimum absolute atomic E-state index is 0.127. The van der Waals surface area contributed by atoms with Crippen molar-refractivity contribution in [1.82, 2.24) is 10.2 Å². The van der Waals surface area contributed by atoms with Crippen molar-refractivity contribution in [3.63, 3.8) is 0 Å². The Morgan fingerprint density at radius 1 is 1.11 bits per heavy atom. The van der Waals surface area contributed by atoms with E-state index in [2.05, 4.69) is 24.4 Å². The Kier molecular flexibility index (Phi) is 4.74. The fourth-order valence-corrected chi connectivity index (χ4v) is 4.78. The second kappa shape index (κ2) is 7.19. The molecule has 0 bridgehead atoms. The molecule has 2 aliphatic rings. The summed E-state index contributed by atoms with van der Waals surface area (Å²) in [5.74, 6) is 0.0599. The largest absolute Gasteiger partial charge is 0.322 e. The first-order valence-corrected chi connectivity index (χ1v) is 9.97. The lowest BCUT2D eigenvalue weighted by atomic mass is 10.0. The Labute approximate surface area is 162 Å². The summed E-state index contributed by atoms with van der Waals surface area (Å²) in [6.07, 6.45) is 0.654. The highest BCUT2D eigenvalue weighted by molar-refractivity contribution is 7.98. The summed E-state index contributed by atoms with van der Waals surface area (Å²) in [5.41, 5.74) is 4.16. The number of piperidine rings is 1. The number of nitrogens with zero attached hydrogens (tertiary/aromatic N) is 1. The molecular formula is C21H20N2O3S. The Balaban J connectivity index is 1.55. The van der Waals surface area contributed by atoms with Gasteiger partial charge in [-0.15, -0.1) is 11.8 Å². The zero-order valence-corrected chi connectivity index (χ0v) is 15.8. The Morgan fingerprint density at radius 2 is 1.93 bits per heavy atom. The number of aryl methyl sites for hydroxylation is 1. The molecule has 2 aliphatic heterocycles. The quantitative estimate of drug-likeness (QED) is 0.654. The summed E-state index contributed by atoms with van der Waals surface area (Å²) in [5, 5.41) is 2.34. The first-order chi connectivity index (χ1) is 13.0. The molecule has 6 heteroatoms. The van der Waals surface area contributed by atoms with Gasteiger partial charge in [-0.05, 0) is 42.2 Å². The minimum atomic E-state index is -0.572. The molecule has 2 aromatic rings. The van der Waals surface area contributed by atoms with E-state index >= 15 is 0 Å². The van der Waals surface area contributed by atoms with Crippen LogP contribution in [-0.4, -0.2) is 28.7 Å². The highest BCUT2D eigenvalue weighted by Gasteiger charge is 2.39. The first-order valence-electron chi connectivity index (χ1n) is 8.98. The number of fused-ring (bicyclic) bond motifs is 1. The Morgan fingerprint density at radius 3 is 2.70 bits per heavy atom. The molecule has 0 radical (unpaired) electrons. The molecule has 0 spiro atoms. The van der Waals surface area contributed by atoms with Crippen molar-refractivity contribution in [2.75, 3.05) is 0 Å². The number of hydrogen-bond donors (Lipinski definition) is 1. The van der Waals surface area contributed by atoms with Gasteiger partial charge < -0.3 is 4.90 Å². The molecule has 1 unspecified atom stereocenters. The number of imide groups is 1. The third-order valence-electron chi connectivity index (χ3n) is 5.18. The Bertz CT molecular complexity index is 941. The molecule has 3 amide bonds. The summed E-state index contributed by atoms with van der Waals surface area (Å²) in [6.45, 7) is 2.51. The first kappa shape index (κ1) is 17.8. The number of thioether (sulfide) groups is 1. The zero-order chi connectivity index (χ0) is 19.0. The van der Waals surface area contributed by atoms with E-state index in [-0.39, 0.29) is 24.1 Å². The molecule has 2 heterocycles. The summed E-state index contributed by atoms with van der Waals surface area (Å²) in [4.78, 5) is 39.1. The summed E-state index contributed by atoms with van der Waals surface area (Å²) in [7, 11) is 0. The molecular weight excluding hydrogens is 360 g/mol. The van der Waals surface area contributed by atoms with Gasteiger partial charge in [0, 0.05) is 29.2 Å². The van der Waals surface area contributed by atoms with Crippen molar-refractivity contribution in [3.8, 4) is 0 Å². The van der Waals surface area contributed by atoms with Crippen LogP contribution in [0.25, 0.3) is 0 Å². The third-order valence-corrected chi connectivity index (χ3v) is 6.33. The van der Waals surface area contributed by atoms with Gasteiger partial charge in [0.2, 0.25) is 11.8 Å². The summed E-state index contributed by atoms with van der Waals surface area (Å²) < 4.78 is 0. The van der Waals surface area contributed by atoms with Gasteiger partial charge >= 0.3 is 0 Å². The van der Waals surface area contributed by atoms with Crippen LogP contribution in [0.5, 0.6) is 0 Å². The van der Waals surface area contributed by atoms with E-state index in [9.17, 15) is 14.4 Å². The van der Waals surface area contributed by atoms with Crippen LogP contribution in [0.15, 0.2) is 47.4 Å². The maximum atomic E-state index is 12.9. The third kappa shape index (κ3) is 3.37. The smallest absolute Gasteiger partial charge is 0.255 e. The standard InChI is InChI=1S/C21H20N2O3S/c1-13-5-2-3-6-14(13)12-27-18-8-4-7-15-16(18)11-23(21(15)26)17-9-10-19(24)22-20(17)25/h2-8,17H,9-12H2,1H3,(H,22,24,25). The number of carbonyl (C=O) groups excluding carboxylic acids is 3. The molecule has 0 saturated carbocycles. The molecule has 1 saturated heterocycles. The fraction of sp³-hybridized carbons (Fsp3) is 0.286. The number of benzene rings is 2. The molecule has 27 heavy (non-hydrogen) atoms. The van der Waals surface area contributed by atoms with Gasteiger partial charge in [-0.25, -0.2) is 0 Å². The highest BCUT2D eigenvalue weighted by atomic mass is 32.2. The van der Waals surface area contributed by atoms with E-state index in [4.69, 9.17) is 0 Å². The number of amides is 3. The molecule has 1 fully saturated rings. The van der Waals surface area contributed by atoms with Crippen LogP contribution in [0.4, 0.5) is 0 Å².